The molecule has 3 N–H and O–H groups in total. The quantitative estimate of drug-likeness (QED) is 0.219. The van der Waals surface area contributed by atoms with Gasteiger partial charge < -0.3 is 15.3 Å². The van der Waals surface area contributed by atoms with Crippen LogP contribution >= 0.6 is 0 Å². The Morgan fingerprint density at radius 2 is 1.82 bits per heavy atom. The number of carboxylic acid groups (broad SMARTS) is 1. The van der Waals surface area contributed by atoms with Gasteiger partial charge in [-0.3, -0.25) is 0 Å². The molecule has 0 saturated heterocycles. The first-order chi connectivity index (χ1) is 13.2. The Balaban J connectivity index is 2.31. The van der Waals surface area contributed by atoms with Crippen LogP contribution in [0.2, 0.25) is 0 Å². The van der Waals surface area contributed by atoms with Crippen LogP contribution in [0.5, 0.6) is 0 Å². The van der Waals surface area contributed by atoms with Gasteiger partial charge in [0.15, 0.2) is 0 Å². The average molecular weight is 391 g/mol. The van der Waals surface area contributed by atoms with Crippen molar-refractivity contribution in [2.45, 2.75) is 83.8 Å². The number of aliphatic hydroxyl groups is 2. The van der Waals surface area contributed by atoms with Gasteiger partial charge in [-0.1, -0.05) is 54.5 Å². The molecule has 0 radical (unpaired) electrons. The van der Waals surface area contributed by atoms with Gasteiger partial charge in [-0.05, 0) is 77.0 Å². The van der Waals surface area contributed by atoms with Gasteiger partial charge in [0, 0.05) is 6.42 Å². The Morgan fingerprint density at radius 1 is 1.11 bits per heavy atom. The average Bonchev–Trinajstić information content (AvgIpc) is 2.96. The van der Waals surface area contributed by atoms with Gasteiger partial charge in [0.05, 0.1) is 0 Å². The molecule has 1 rings (SSSR count). The van der Waals surface area contributed by atoms with E-state index in [1.165, 1.54) is 36.8 Å². The number of aliphatic carboxylic acids is 1. The summed E-state index contributed by atoms with van der Waals surface area (Å²) in [5.41, 5.74) is 2.68. The summed E-state index contributed by atoms with van der Waals surface area (Å²) < 4.78 is 0. The number of hydrogen-bond acceptors (Lipinski definition) is 3. The monoisotopic (exact) mass is 390 g/mol. The number of unbranched alkanes of at least 4 members (excludes halogenated alkanes) is 4. The van der Waals surface area contributed by atoms with Crippen LogP contribution in [0.3, 0.4) is 0 Å². The van der Waals surface area contributed by atoms with Crippen LogP contribution in [0.4, 0.5) is 0 Å². The van der Waals surface area contributed by atoms with Crippen molar-refractivity contribution in [1.82, 2.24) is 0 Å². The minimum Gasteiger partial charge on any atom is -0.477 e. The lowest BCUT2D eigenvalue weighted by Gasteiger charge is -2.16. The third kappa shape index (κ3) is 9.52. The second-order valence-corrected chi connectivity index (χ2v) is 8.18. The second kappa shape index (κ2) is 12.7. The molecule has 2 atom stereocenters. The van der Waals surface area contributed by atoms with Gasteiger partial charge in [0.1, 0.15) is 0 Å². The first kappa shape index (κ1) is 24.4. The molecule has 0 aliphatic heterocycles. The fraction of sp³-hybridized carbons (Fsp3) is 0.625. The molecule has 1 aliphatic rings. The predicted molar refractivity (Wildman–Crippen MR) is 115 cm³/mol. The Bertz CT molecular complexity index is 579. The molecule has 1 saturated carbocycles. The van der Waals surface area contributed by atoms with E-state index in [4.69, 9.17) is 5.11 Å². The highest BCUT2D eigenvalue weighted by Crippen LogP contribution is 2.39. The van der Waals surface area contributed by atoms with Gasteiger partial charge in [0.25, 0.3) is 5.79 Å². The summed E-state index contributed by atoms with van der Waals surface area (Å²) in [4.78, 5) is 10.7. The molecule has 4 nitrogen and oxygen atoms in total. The zero-order valence-electron chi connectivity index (χ0n) is 17.6. The lowest BCUT2D eigenvalue weighted by molar-refractivity contribution is -0.205. The van der Waals surface area contributed by atoms with E-state index < -0.39 is 11.8 Å². The highest BCUT2D eigenvalue weighted by molar-refractivity contribution is 5.74. The molecular weight excluding hydrogens is 352 g/mol. The van der Waals surface area contributed by atoms with Crippen molar-refractivity contribution >= 4 is 5.97 Å². The van der Waals surface area contributed by atoms with Crippen molar-refractivity contribution in [3.05, 3.63) is 48.1 Å². The molecule has 4 heteroatoms. The van der Waals surface area contributed by atoms with Gasteiger partial charge in [-0.15, -0.1) is 0 Å². The summed E-state index contributed by atoms with van der Waals surface area (Å²) >= 11 is 0. The maximum Gasteiger partial charge on any atom is 0.364 e. The number of hydrogen-bond donors (Lipinski definition) is 3. The molecule has 0 amide bonds. The highest BCUT2D eigenvalue weighted by Gasteiger charge is 2.31. The Morgan fingerprint density at radius 3 is 2.50 bits per heavy atom. The molecule has 0 spiro atoms. The van der Waals surface area contributed by atoms with E-state index in [0.717, 1.165) is 25.7 Å². The zero-order chi connectivity index (χ0) is 21.0. The van der Waals surface area contributed by atoms with Crippen molar-refractivity contribution < 1.29 is 20.1 Å². The van der Waals surface area contributed by atoms with Gasteiger partial charge in [-0.2, -0.15) is 0 Å². The van der Waals surface area contributed by atoms with Crippen LogP contribution in [0.25, 0.3) is 0 Å². The number of allylic oxidation sites excluding steroid dienone is 7. The summed E-state index contributed by atoms with van der Waals surface area (Å²) in [5.74, 6) is -3.29. The van der Waals surface area contributed by atoms with E-state index in [1.807, 2.05) is 12.2 Å². The smallest absolute Gasteiger partial charge is 0.364 e. The molecule has 0 aromatic heterocycles. The topological polar surface area (TPSA) is 77.8 Å². The minimum absolute atomic E-state index is 0.207. The minimum atomic E-state index is -2.64. The number of rotatable bonds is 13. The van der Waals surface area contributed by atoms with E-state index in [2.05, 4.69) is 38.7 Å². The SMILES string of the molecule is C=C1CC[C@H](C=CCCCCCC=C(C)C)[C@H]1CC=CCCC(O)(O)C(=O)O. The molecule has 158 valence electrons. The predicted octanol–water partition coefficient (Wildman–Crippen LogP) is 5.53. The lowest BCUT2D eigenvalue weighted by atomic mass is 9.90. The summed E-state index contributed by atoms with van der Waals surface area (Å²) in [6.07, 6.45) is 20.1. The van der Waals surface area contributed by atoms with Crippen molar-refractivity contribution in [2.75, 3.05) is 0 Å². The fourth-order valence-corrected chi connectivity index (χ4v) is 3.61. The third-order valence-corrected chi connectivity index (χ3v) is 5.41. The van der Waals surface area contributed by atoms with E-state index in [-0.39, 0.29) is 6.42 Å². The first-order valence-electron chi connectivity index (χ1n) is 10.5. The normalized spacial score (nSPS) is 20.4. The molecule has 1 aliphatic carbocycles. The molecule has 1 fully saturated rings. The first-order valence-corrected chi connectivity index (χ1v) is 10.5. The molecule has 28 heavy (non-hydrogen) atoms. The zero-order valence-corrected chi connectivity index (χ0v) is 17.6. The Labute approximate surface area is 170 Å². The lowest BCUT2D eigenvalue weighted by Crippen LogP contribution is -2.37. The van der Waals surface area contributed by atoms with E-state index in [9.17, 15) is 15.0 Å². The maximum absolute atomic E-state index is 10.7. The van der Waals surface area contributed by atoms with Gasteiger partial charge >= 0.3 is 5.97 Å². The Kier molecular flexibility index (Phi) is 11.1. The van der Waals surface area contributed by atoms with Crippen molar-refractivity contribution in [3.8, 4) is 0 Å². The van der Waals surface area contributed by atoms with E-state index in [0.29, 0.717) is 18.3 Å². The highest BCUT2D eigenvalue weighted by atomic mass is 16.5. The molecule has 0 unspecified atom stereocenters. The molecule has 0 aromatic rings. The van der Waals surface area contributed by atoms with Crippen LogP contribution < -0.4 is 0 Å². The van der Waals surface area contributed by atoms with Crippen LogP contribution in [0.15, 0.2) is 48.1 Å². The molecule has 0 bridgehead atoms. The van der Waals surface area contributed by atoms with Crippen molar-refractivity contribution in [2.24, 2.45) is 11.8 Å². The van der Waals surface area contributed by atoms with Crippen LogP contribution in [0.1, 0.15) is 78.1 Å². The van der Waals surface area contributed by atoms with Crippen LogP contribution in [-0.4, -0.2) is 27.1 Å². The summed E-state index contributed by atoms with van der Waals surface area (Å²) in [6.45, 7) is 8.50. The maximum atomic E-state index is 10.7. The summed E-state index contributed by atoms with van der Waals surface area (Å²) in [7, 11) is 0. The fourth-order valence-electron chi connectivity index (χ4n) is 3.61. The molecule has 0 aromatic carbocycles. The van der Waals surface area contributed by atoms with Crippen LogP contribution in [0, 0.1) is 11.8 Å². The third-order valence-electron chi connectivity index (χ3n) is 5.41. The number of carbonyl (C=O) groups is 1. The second-order valence-electron chi connectivity index (χ2n) is 8.18. The van der Waals surface area contributed by atoms with Crippen molar-refractivity contribution in [3.63, 3.8) is 0 Å². The summed E-state index contributed by atoms with van der Waals surface area (Å²) in [5, 5.41) is 27.3. The Hall–Kier alpha value is -1.65. The summed E-state index contributed by atoms with van der Waals surface area (Å²) in [6, 6.07) is 0. The van der Waals surface area contributed by atoms with E-state index >= 15 is 0 Å². The standard InChI is InChI=1S/C24H38O4/c1-19(2)13-9-6-4-5-7-10-14-21-17-16-20(3)22(21)15-11-8-12-18-24(27,28)23(25)26/h8,10-11,13-14,21-22,27-28H,3-7,9,12,15-18H2,1-2H3,(H,25,26)/t21-,22-/m0/s1. The number of carboxylic acids is 1. The molecular formula is C24H38O4. The molecule has 0 heterocycles. The van der Waals surface area contributed by atoms with Gasteiger partial charge in [0.2, 0.25) is 0 Å². The largest absolute Gasteiger partial charge is 0.477 e. The van der Waals surface area contributed by atoms with Crippen LogP contribution in [-0.2, 0) is 4.79 Å². The van der Waals surface area contributed by atoms with Crippen molar-refractivity contribution in [1.29, 1.82) is 0 Å². The van der Waals surface area contributed by atoms with E-state index in [1.54, 1.807) is 0 Å². The van der Waals surface area contributed by atoms with Gasteiger partial charge in [-0.25, -0.2) is 4.79 Å².